The number of likely N-dealkylation sites (tertiary alicyclic amines) is 2. The van der Waals surface area contributed by atoms with Crippen molar-refractivity contribution in [2.24, 2.45) is 0 Å². The second-order valence-corrected chi connectivity index (χ2v) is 10.8. The molecule has 0 bridgehead atoms. The summed E-state index contributed by atoms with van der Waals surface area (Å²) in [7, 11) is 0. The Hall–Kier alpha value is -3.23. The minimum atomic E-state index is -5.80. The monoisotopic (exact) mass is 595 g/mol. The van der Waals surface area contributed by atoms with Gasteiger partial charge in [0.05, 0.1) is 5.56 Å². The standard InChI is InChI=1S/C26H31F6N3O6/c27-25(28,29)22(26(30,31)32)41-23(40)33-10-6-24(7-11-33)5-3-8-34(24)15-16-12-17(20(36)37)14-18(13-16)35-9-2-1-4-19(35)21(38)39/h12-14,19,22H,1-11,15H2,(H,36,37)(H,38,39). The Balaban J connectivity index is 1.48. The number of nitrogens with zero attached hydrogens (tertiary/aromatic N) is 3. The third-order valence-electron chi connectivity index (χ3n) is 8.22. The van der Waals surface area contributed by atoms with Crippen molar-refractivity contribution in [3.8, 4) is 0 Å². The maximum atomic E-state index is 12.8. The molecule has 1 atom stereocenters. The van der Waals surface area contributed by atoms with Crippen molar-refractivity contribution in [3.63, 3.8) is 0 Å². The highest BCUT2D eigenvalue weighted by Gasteiger charge is 2.60. The fourth-order valence-electron chi connectivity index (χ4n) is 6.18. The quantitative estimate of drug-likeness (QED) is 0.448. The van der Waals surface area contributed by atoms with E-state index in [2.05, 4.69) is 9.64 Å². The van der Waals surface area contributed by atoms with Crippen molar-refractivity contribution in [3.05, 3.63) is 29.3 Å². The van der Waals surface area contributed by atoms with Crippen LogP contribution in [0.5, 0.6) is 0 Å². The summed E-state index contributed by atoms with van der Waals surface area (Å²) in [6.07, 6.45) is -13.5. The number of alkyl halides is 6. The molecular weight excluding hydrogens is 564 g/mol. The second-order valence-electron chi connectivity index (χ2n) is 10.8. The van der Waals surface area contributed by atoms with E-state index >= 15 is 0 Å². The van der Waals surface area contributed by atoms with E-state index in [4.69, 9.17) is 0 Å². The first-order valence-corrected chi connectivity index (χ1v) is 13.3. The highest BCUT2D eigenvalue weighted by atomic mass is 19.4. The number of hydrogen-bond acceptors (Lipinski definition) is 6. The van der Waals surface area contributed by atoms with Gasteiger partial charge in [-0.2, -0.15) is 26.3 Å². The fourth-order valence-corrected chi connectivity index (χ4v) is 6.18. The van der Waals surface area contributed by atoms with E-state index in [1.807, 2.05) is 0 Å². The van der Waals surface area contributed by atoms with Crippen molar-refractivity contribution in [1.82, 2.24) is 9.80 Å². The van der Waals surface area contributed by atoms with Gasteiger partial charge in [-0.15, -0.1) is 0 Å². The van der Waals surface area contributed by atoms with Gasteiger partial charge in [0.1, 0.15) is 6.04 Å². The van der Waals surface area contributed by atoms with E-state index < -0.39 is 48.1 Å². The SMILES string of the molecule is O=C(O)c1cc(CN2CCCC23CCN(C(=O)OC(C(F)(F)F)C(F)(F)F)CC3)cc(N2CCCCC2C(=O)O)c1. The third kappa shape index (κ3) is 6.81. The summed E-state index contributed by atoms with van der Waals surface area (Å²) in [5.41, 5.74) is 0.637. The molecule has 15 heteroatoms. The average molecular weight is 596 g/mol. The number of piperidine rings is 2. The molecule has 228 valence electrons. The lowest BCUT2D eigenvalue weighted by Gasteiger charge is -2.45. The van der Waals surface area contributed by atoms with E-state index in [1.165, 1.54) is 12.1 Å². The Kier molecular flexibility index (Phi) is 8.67. The maximum Gasteiger partial charge on any atom is 0.434 e. The Bertz CT molecular complexity index is 1140. The number of hydrogen-bond donors (Lipinski definition) is 2. The molecule has 3 fully saturated rings. The van der Waals surface area contributed by atoms with Crippen LogP contribution in [-0.2, 0) is 16.1 Å². The molecule has 3 heterocycles. The second kappa shape index (κ2) is 11.6. The molecule has 9 nitrogen and oxygen atoms in total. The van der Waals surface area contributed by atoms with Crippen LogP contribution in [0.2, 0.25) is 0 Å². The van der Waals surface area contributed by atoms with Crippen LogP contribution >= 0.6 is 0 Å². The number of carboxylic acid groups (broad SMARTS) is 2. The number of aliphatic carboxylic acids is 1. The van der Waals surface area contributed by atoms with E-state index in [9.17, 15) is 50.9 Å². The van der Waals surface area contributed by atoms with Gasteiger partial charge < -0.3 is 24.7 Å². The molecule has 1 amide bonds. The number of halogens is 6. The predicted molar refractivity (Wildman–Crippen MR) is 132 cm³/mol. The van der Waals surface area contributed by atoms with E-state index in [-0.39, 0.29) is 31.5 Å². The Morgan fingerprint density at radius 1 is 0.902 bits per heavy atom. The van der Waals surface area contributed by atoms with Gasteiger partial charge >= 0.3 is 30.4 Å². The largest absolute Gasteiger partial charge is 0.480 e. The van der Waals surface area contributed by atoms with Gasteiger partial charge in [0, 0.05) is 37.4 Å². The van der Waals surface area contributed by atoms with Crippen molar-refractivity contribution < 1.29 is 55.7 Å². The number of benzene rings is 1. The maximum absolute atomic E-state index is 12.8. The van der Waals surface area contributed by atoms with Gasteiger partial charge in [0.15, 0.2) is 0 Å². The highest BCUT2D eigenvalue weighted by Crippen LogP contribution is 2.41. The summed E-state index contributed by atoms with van der Waals surface area (Å²) in [6, 6.07) is 3.95. The lowest BCUT2D eigenvalue weighted by Crippen LogP contribution is -2.54. The van der Waals surface area contributed by atoms with Gasteiger partial charge in [-0.25, -0.2) is 14.4 Å². The molecule has 1 spiro atoms. The molecule has 1 aromatic carbocycles. The topological polar surface area (TPSA) is 111 Å². The van der Waals surface area contributed by atoms with Gasteiger partial charge in [0.2, 0.25) is 0 Å². The van der Waals surface area contributed by atoms with Crippen LogP contribution in [0, 0.1) is 0 Å². The lowest BCUT2D eigenvalue weighted by atomic mass is 9.84. The van der Waals surface area contributed by atoms with Crippen LogP contribution in [0.15, 0.2) is 18.2 Å². The molecule has 3 aliphatic rings. The molecule has 0 aromatic heterocycles. The summed E-state index contributed by atoms with van der Waals surface area (Å²) in [5, 5.41) is 19.4. The van der Waals surface area contributed by atoms with Crippen LogP contribution < -0.4 is 4.90 Å². The first-order chi connectivity index (χ1) is 19.1. The van der Waals surface area contributed by atoms with Crippen molar-refractivity contribution >= 4 is 23.7 Å². The minimum Gasteiger partial charge on any atom is -0.480 e. The lowest BCUT2D eigenvalue weighted by molar-refractivity contribution is -0.308. The Morgan fingerprint density at radius 2 is 1.56 bits per heavy atom. The molecule has 1 aromatic rings. The highest BCUT2D eigenvalue weighted by molar-refractivity contribution is 5.89. The van der Waals surface area contributed by atoms with Gasteiger partial charge in [-0.1, -0.05) is 0 Å². The minimum absolute atomic E-state index is 0.00177. The third-order valence-corrected chi connectivity index (χ3v) is 8.22. The van der Waals surface area contributed by atoms with Crippen molar-refractivity contribution in [2.75, 3.05) is 31.1 Å². The number of rotatable bonds is 6. The molecule has 0 saturated carbocycles. The molecular formula is C26H31F6N3O6. The van der Waals surface area contributed by atoms with Crippen molar-refractivity contribution in [2.45, 2.75) is 81.5 Å². The summed E-state index contributed by atoms with van der Waals surface area (Å²) in [5.74, 6) is -2.16. The summed E-state index contributed by atoms with van der Waals surface area (Å²) < 4.78 is 80.9. The summed E-state index contributed by atoms with van der Waals surface area (Å²) in [6.45, 7) is 1.16. The van der Waals surface area contributed by atoms with E-state index in [0.717, 1.165) is 24.2 Å². The van der Waals surface area contributed by atoms with Crippen LogP contribution in [0.25, 0.3) is 0 Å². The van der Waals surface area contributed by atoms with E-state index in [0.29, 0.717) is 43.7 Å². The first kappa shape index (κ1) is 30.7. The van der Waals surface area contributed by atoms with Gasteiger partial charge in [-0.3, -0.25) is 4.90 Å². The normalized spacial score (nSPS) is 21.9. The number of aromatic carboxylic acids is 1. The molecule has 2 N–H and O–H groups in total. The number of ether oxygens (including phenoxy) is 1. The Labute approximate surface area is 231 Å². The zero-order valence-electron chi connectivity index (χ0n) is 22.0. The molecule has 41 heavy (non-hydrogen) atoms. The molecule has 3 saturated heterocycles. The number of carbonyl (C=O) groups is 3. The predicted octanol–water partition coefficient (Wildman–Crippen LogP) is 4.89. The summed E-state index contributed by atoms with van der Waals surface area (Å²) in [4.78, 5) is 40.6. The van der Waals surface area contributed by atoms with Gasteiger partial charge in [0.25, 0.3) is 6.10 Å². The molecule has 4 rings (SSSR count). The smallest absolute Gasteiger partial charge is 0.434 e. The van der Waals surface area contributed by atoms with Crippen LogP contribution in [0.1, 0.15) is 60.9 Å². The average Bonchev–Trinajstić information content (AvgIpc) is 3.26. The number of anilines is 1. The van der Waals surface area contributed by atoms with Crippen LogP contribution in [0.3, 0.4) is 0 Å². The number of carbonyl (C=O) groups excluding carboxylic acids is 1. The van der Waals surface area contributed by atoms with Crippen molar-refractivity contribution in [1.29, 1.82) is 0 Å². The van der Waals surface area contributed by atoms with Gasteiger partial charge in [-0.05, 0) is 75.3 Å². The molecule has 3 aliphatic heterocycles. The molecule has 0 aliphatic carbocycles. The fraction of sp³-hybridized carbons (Fsp3) is 0.654. The Morgan fingerprint density at radius 3 is 2.15 bits per heavy atom. The molecule has 0 radical (unpaired) electrons. The summed E-state index contributed by atoms with van der Waals surface area (Å²) >= 11 is 0. The zero-order valence-corrected chi connectivity index (χ0v) is 22.0. The van der Waals surface area contributed by atoms with E-state index in [1.54, 1.807) is 11.0 Å². The number of amides is 1. The molecule has 1 unspecified atom stereocenters. The van der Waals surface area contributed by atoms with Crippen LogP contribution in [-0.4, -0.2) is 94.3 Å². The van der Waals surface area contributed by atoms with Crippen LogP contribution in [0.4, 0.5) is 36.8 Å². The first-order valence-electron chi connectivity index (χ1n) is 13.3. The number of carboxylic acids is 2. The zero-order chi connectivity index (χ0) is 30.2.